The van der Waals surface area contributed by atoms with Crippen LogP contribution in [0.1, 0.15) is 11.1 Å². The van der Waals surface area contributed by atoms with Crippen LogP contribution in [-0.4, -0.2) is 28.2 Å². The quantitative estimate of drug-likeness (QED) is 0.337. The zero-order valence-electron chi connectivity index (χ0n) is 16.4. The van der Waals surface area contributed by atoms with Gasteiger partial charge in [0.25, 0.3) is 0 Å². The van der Waals surface area contributed by atoms with E-state index in [1.807, 2.05) is 78.9 Å². The van der Waals surface area contributed by atoms with Gasteiger partial charge in [0.15, 0.2) is 5.82 Å². The molecule has 1 heterocycles. The lowest BCUT2D eigenvalue weighted by molar-refractivity contribution is 0.306. The van der Waals surface area contributed by atoms with Crippen molar-refractivity contribution in [3.05, 3.63) is 94.8 Å². The molecular weight excluding hydrogens is 396 g/mol. The molecule has 30 heavy (non-hydrogen) atoms. The number of H-pyrrole nitrogens is 1. The number of nitrogens with one attached hydrogen (secondary N) is 1. The number of nitrogens with zero attached hydrogens (tertiary/aromatic N) is 3. The van der Waals surface area contributed by atoms with Crippen molar-refractivity contribution in [2.75, 3.05) is 7.11 Å². The summed E-state index contributed by atoms with van der Waals surface area (Å²) >= 11 is 5.34. The smallest absolute Gasteiger partial charge is 0.216 e. The highest BCUT2D eigenvalue weighted by molar-refractivity contribution is 7.71. The van der Waals surface area contributed by atoms with Gasteiger partial charge in [-0.2, -0.15) is 14.9 Å². The number of rotatable bonds is 7. The van der Waals surface area contributed by atoms with E-state index in [1.165, 1.54) is 0 Å². The Kier molecular flexibility index (Phi) is 6.01. The third-order valence-electron chi connectivity index (χ3n) is 4.43. The van der Waals surface area contributed by atoms with Gasteiger partial charge >= 0.3 is 0 Å². The maximum absolute atomic E-state index is 5.89. The fourth-order valence-corrected chi connectivity index (χ4v) is 3.05. The zero-order valence-corrected chi connectivity index (χ0v) is 17.2. The van der Waals surface area contributed by atoms with Gasteiger partial charge in [-0.25, -0.2) is 5.10 Å². The summed E-state index contributed by atoms with van der Waals surface area (Å²) in [5.74, 6) is 2.17. The summed E-state index contributed by atoms with van der Waals surface area (Å²) in [6.45, 7) is 0.510. The van der Waals surface area contributed by atoms with Crippen molar-refractivity contribution in [2.24, 2.45) is 5.10 Å². The Labute approximate surface area is 179 Å². The lowest BCUT2D eigenvalue weighted by Gasteiger charge is -2.07. The number of methoxy groups -OCH3 is 1. The lowest BCUT2D eigenvalue weighted by atomic mass is 10.2. The van der Waals surface area contributed by atoms with E-state index in [-0.39, 0.29) is 0 Å². The fourth-order valence-electron chi connectivity index (χ4n) is 2.88. The van der Waals surface area contributed by atoms with E-state index in [2.05, 4.69) is 15.3 Å². The Morgan fingerprint density at radius 3 is 2.57 bits per heavy atom. The molecule has 7 heteroatoms. The minimum atomic E-state index is 0.411. The van der Waals surface area contributed by atoms with Crippen molar-refractivity contribution in [3.63, 3.8) is 0 Å². The van der Waals surface area contributed by atoms with Crippen LogP contribution in [0.4, 0.5) is 0 Å². The van der Waals surface area contributed by atoms with Crippen molar-refractivity contribution < 1.29 is 9.47 Å². The van der Waals surface area contributed by atoms with Crippen molar-refractivity contribution in [1.29, 1.82) is 0 Å². The van der Waals surface area contributed by atoms with E-state index in [4.69, 9.17) is 21.7 Å². The minimum Gasteiger partial charge on any atom is -0.497 e. The predicted molar refractivity (Wildman–Crippen MR) is 120 cm³/mol. The topological polar surface area (TPSA) is 64.4 Å². The first-order valence-corrected chi connectivity index (χ1v) is 9.77. The molecule has 4 aromatic rings. The number of hydrogen-bond donors (Lipinski definition) is 1. The van der Waals surface area contributed by atoms with Crippen LogP contribution in [0, 0.1) is 4.77 Å². The number of benzene rings is 3. The Morgan fingerprint density at radius 1 is 1.00 bits per heavy atom. The normalized spacial score (nSPS) is 11.0. The summed E-state index contributed by atoms with van der Waals surface area (Å²) in [4.78, 5) is 0. The molecule has 0 radical (unpaired) electrons. The van der Waals surface area contributed by atoms with Gasteiger partial charge in [-0.3, -0.25) is 0 Å². The SMILES string of the molecule is COc1ccc(-c2n[nH]c(=S)n2N=Cc2cccc(OCc3ccccc3)c2)cc1. The summed E-state index contributed by atoms with van der Waals surface area (Å²) in [6, 6.07) is 25.4. The van der Waals surface area contributed by atoms with Crippen LogP contribution in [0.3, 0.4) is 0 Å². The predicted octanol–water partition coefficient (Wildman–Crippen LogP) is 5.08. The second kappa shape index (κ2) is 9.19. The van der Waals surface area contributed by atoms with E-state index in [0.29, 0.717) is 17.2 Å². The van der Waals surface area contributed by atoms with Crippen LogP contribution in [-0.2, 0) is 6.61 Å². The van der Waals surface area contributed by atoms with Gasteiger partial charge in [-0.1, -0.05) is 42.5 Å². The molecule has 6 nitrogen and oxygen atoms in total. The number of aromatic amines is 1. The van der Waals surface area contributed by atoms with Gasteiger partial charge in [-0.05, 0) is 59.7 Å². The maximum Gasteiger partial charge on any atom is 0.216 e. The second-order valence-electron chi connectivity index (χ2n) is 6.48. The minimum absolute atomic E-state index is 0.411. The van der Waals surface area contributed by atoms with E-state index < -0.39 is 0 Å². The number of aromatic nitrogens is 3. The van der Waals surface area contributed by atoms with E-state index in [9.17, 15) is 0 Å². The molecule has 0 unspecified atom stereocenters. The molecule has 150 valence electrons. The molecule has 0 saturated heterocycles. The largest absolute Gasteiger partial charge is 0.497 e. The molecule has 0 fully saturated rings. The molecule has 0 atom stereocenters. The molecule has 0 aliphatic rings. The molecule has 1 N–H and O–H groups in total. The molecule has 1 aromatic heterocycles. The van der Waals surface area contributed by atoms with E-state index >= 15 is 0 Å². The van der Waals surface area contributed by atoms with Crippen molar-refractivity contribution in [2.45, 2.75) is 6.61 Å². The first kappa shape index (κ1) is 19.6. The zero-order chi connectivity index (χ0) is 20.8. The Morgan fingerprint density at radius 2 is 1.80 bits per heavy atom. The van der Waals surface area contributed by atoms with Gasteiger partial charge in [0.1, 0.15) is 18.1 Å². The molecule has 0 amide bonds. The van der Waals surface area contributed by atoms with Crippen LogP contribution < -0.4 is 9.47 Å². The van der Waals surface area contributed by atoms with Crippen LogP contribution in [0.2, 0.25) is 0 Å². The fraction of sp³-hybridized carbons (Fsp3) is 0.0870. The van der Waals surface area contributed by atoms with Crippen LogP contribution in [0.5, 0.6) is 11.5 Å². The second-order valence-corrected chi connectivity index (χ2v) is 6.87. The lowest BCUT2D eigenvalue weighted by Crippen LogP contribution is -1.97. The Hall–Kier alpha value is -3.71. The summed E-state index contributed by atoms with van der Waals surface area (Å²) in [7, 11) is 1.63. The summed E-state index contributed by atoms with van der Waals surface area (Å²) in [5.41, 5.74) is 2.88. The van der Waals surface area contributed by atoms with Gasteiger partial charge in [0.2, 0.25) is 4.77 Å². The van der Waals surface area contributed by atoms with Crippen LogP contribution in [0.25, 0.3) is 11.4 Å². The van der Waals surface area contributed by atoms with Crippen molar-refractivity contribution in [1.82, 2.24) is 14.9 Å². The van der Waals surface area contributed by atoms with Crippen molar-refractivity contribution >= 4 is 18.4 Å². The van der Waals surface area contributed by atoms with Gasteiger partial charge in [0.05, 0.1) is 13.3 Å². The summed E-state index contributed by atoms with van der Waals surface area (Å²) in [5, 5.41) is 11.6. The highest BCUT2D eigenvalue weighted by Crippen LogP contribution is 2.21. The molecule has 0 aliphatic heterocycles. The van der Waals surface area contributed by atoms with Gasteiger partial charge in [-0.15, -0.1) is 0 Å². The Bertz CT molecular complexity index is 1200. The molecule has 3 aromatic carbocycles. The first-order valence-electron chi connectivity index (χ1n) is 9.36. The van der Waals surface area contributed by atoms with E-state index in [0.717, 1.165) is 28.2 Å². The monoisotopic (exact) mass is 416 g/mol. The highest BCUT2D eigenvalue weighted by atomic mass is 32.1. The Balaban J connectivity index is 1.53. The van der Waals surface area contributed by atoms with Gasteiger partial charge < -0.3 is 9.47 Å². The van der Waals surface area contributed by atoms with Crippen molar-refractivity contribution in [3.8, 4) is 22.9 Å². The average Bonchev–Trinajstić information content (AvgIpc) is 3.17. The van der Waals surface area contributed by atoms with E-state index in [1.54, 1.807) is 18.0 Å². The third kappa shape index (κ3) is 4.64. The highest BCUT2D eigenvalue weighted by Gasteiger charge is 2.08. The number of ether oxygens (including phenoxy) is 2. The standard InChI is InChI=1S/C23H20N4O2S/c1-28-20-12-10-19(11-13-20)22-25-26-23(30)27(22)24-15-18-8-5-9-21(14-18)29-16-17-6-3-2-4-7-17/h2-15H,16H2,1H3,(H,26,30). The average molecular weight is 417 g/mol. The van der Waals surface area contributed by atoms with Gasteiger partial charge in [0, 0.05) is 5.56 Å². The maximum atomic E-state index is 5.89. The van der Waals surface area contributed by atoms with Crippen LogP contribution >= 0.6 is 12.2 Å². The van der Waals surface area contributed by atoms with Crippen LogP contribution in [0.15, 0.2) is 84.0 Å². The summed E-state index contributed by atoms with van der Waals surface area (Å²) in [6.07, 6.45) is 1.73. The molecule has 0 aliphatic carbocycles. The first-order chi connectivity index (χ1) is 14.7. The molecule has 0 saturated carbocycles. The molecule has 0 spiro atoms. The molecular formula is C23H20N4O2S. The molecule has 0 bridgehead atoms. The third-order valence-corrected chi connectivity index (χ3v) is 4.69. The molecule has 4 rings (SSSR count). The number of hydrogen-bond acceptors (Lipinski definition) is 5. The summed E-state index contributed by atoms with van der Waals surface area (Å²) < 4.78 is 13.1.